The molecule has 1 rings (SSSR count). The van der Waals surface area contributed by atoms with E-state index in [0.717, 1.165) is 25.9 Å². The summed E-state index contributed by atoms with van der Waals surface area (Å²) in [6.45, 7) is 7.31. The molecule has 0 aliphatic rings. The lowest BCUT2D eigenvalue weighted by molar-refractivity contribution is 0.0605. The smallest absolute Gasteiger partial charge is 0.304 e. The SMILES string of the molecule is CCCO[SiH2]OC(C)(CC)Cc1ccccc1. The fourth-order valence-electron chi connectivity index (χ4n) is 1.69. The molecule has 2 nitrogen and oxygen atoms in total. The molecule has 1 atom stereocenters. The summed E-state index contributed by atoms with van der Waals surface area (Å²) in [5.74, 6) is 0. The van der Waals surface area contributed by atoms with Gasteiger partial charge in [-0.25, -0.2) is 0 Å². The normalized spacial score (nSPS) is 15.2. The van der Waals surface area contributed by atoms with Crippen molar-refractivity contribution in [2.45, 2.75) is 45.6 Å². The van der Waals surface area contributed by atoms with Gasteiger partial charge in [-0.15, -0.1) is 0 Å². The van der Waals surface area contributed by atoms with Crippen LogP contribution in [-0.2, 0) is 15.3 Å². The average Bonchev–Trinajstić information content (AvgIpc) is 2.36. The molecule has 1 aromatic carbocycles. The third kappa shape index (κ3) is 5.48. The highest BCUT2D eigenvalue weighted by Crippen LogP contribution is 2.20. The maximum Gasteiger partial charge on any atom is 0.304 e. The molecule has 96 valence electrons. The zero-order valence-corrected chi connectivity index (χ0v) is 12.7. The van der Waals surface area contributed by atoms with Crippen molar-refractivity contribution in [2.24, 2.45) is 0 Å². The Labute approximate surface area is 107 Å². The van der Waals surface area contributed by atoms with Crippen LogP contribution >= 0.6 is 0 Å². The van der Waals surface area contributed by atoms with Gasteiger partial charge >= 0.3 is 10.0 Å². The third-order valence-electron chi connectivity index (χ3n) is 3.01. The summed E-state index contributed by atoms with van der Waals surface area (Å²) in [6.07, 6.45) is 3.05. The highest BCUT2D eigenvalue weighted by Gasteiger charge is 2.22. The topological polar surface area (TPSA) is 18.5 Å². The quantitative estimate of drug-likeness (QED) is 0.523. The fourth-order valence-corrected chi connectivity index (χ4v) is 2.77. The Hall–Kier alpha value is -0.643. The summed E-state index contributed by atoms with van der Waals surface area (Å²) < 4.78 is 11.5. The molecule has 0 spiro atoms. The molecule has 0 aliphatic carbocycles. The van der Waals surface area contributed by atoms with Gasteiger partial charge in [0.1, 0.15) is 0 Å². The first-order chi connectivity index (χ1) is 8.20. The lowest BCUT2D eigenvalue weighted by atomic mass is 9.94. The van der Waals surface area contributed by atoms with Gasteiger partial charge in [0.05, 0.1) is 5.60 Å². The van der Waals surface area contributed by atoms with Gasteiger partial charge in [0.15, 0.2) is 0 Å². The van der Waals surface area contributed by atoms with Crippen LogP contribution in [0.5, 0.6) is 0 Å². The van der Waals surface area contributed by atoms with Gasteiger partial charge in [0.2, 0.25) is 0 Å². The molecule has 0 fully saturated rings. The maximum atomic E-state index is 6.00. The molecular formula is C14H24O2Si. The first-order valence-electron chi connectivity index (χ1n) is 6.46. The van der Waals surface area contributed by atoms with Crippen LogP contribution in [0, 0.1) is 0 Å². The van der Waals surface area contributed by atoms with E-state index < -0.39 is 10.0 Å². The van der Waals surface area contributed by atoms with Gasteiger partial charge in [-0.3, -0.25) is 0 Å². The van der Waals surface area contributed by atoms with E-state index in [2.05, 4.69) is 45.0 Å². The molecule has 1 unspecified atom stereocenters. The first-order valence-corrected chi connectivity index (χ1v) is 7.61. The molecule has 17 heavy (non-hydrogen) atoms. The summed E-state index contributed by atoms with van der Waals surface area (Å²) in [6, 6.07) is 10.5. The minimum absolute atomic E-state index is 0.0681. The van der Waals surface area contributed by atoms with Crippen LogP contribution in [0.15, 0.2) is 30.3 Å². The lowest BCUT2D eigenvalue weighted by Gasteiger charge is -2.29. The second kappa shape index (κ2) is 7.64. The number of hydrogen-bond acceptors (Lipinski definition) is 2. The molecule has 0 aliphatic heterocycles. The van der Waals surface area contributed by atoms with Crippen molar-refractivity contribution in [3.8, 4) is 0 Å². The van der Waals surface area contributed by atoms with E-state index in [1.165, 1.54) is 5.56 Å². The van der Waals surface area contributed by atoms with Crippen molar-refractivity contribution in [3.05, 3.63) is 35.9 Å². The molecule has 0 radical (unpaired) electrons. The second-order valence-electron chi connectivity index (χ2n) is 4.64. The van der Waals surface area contributed by atoms with E-state index in [4.69, 9.17) is 8.85 Å². The highest BCUT2D eigenvalue weighted by atomic mass is 28.3. The van der Waals surface area contributed by atoms with Crippen molar-refractivity contribution < 1.29 is 8.85 Å². The minimum atomic E-state index is -0.831. The van der Waals surface area contributed by atoms with Gasteiger partial charge in [-0.2, -0.15) is 0 Å². The van der Waals surface area contributed by atoms with E-state index in [9.17, 15) is 0 Å². The van der Waals surface area contributed by atoms with Crippen molar-refractivity contribution >= 4 is 10.0 Å². The van der Waals surface area contributed by atoms with Crippen molar-refractivity contribution in [2.75, 3.05) is 6.61 Å². The van der Waals surface area contributed by atoms with Crippen molar-refractivity contribution in [3.63, 3.8) is 0 Å². The van der Waals surface area contributed by atoms with Crippen LogP contribution in [0.4, 0.5) is 0 Å². The Morgan fingerprint density at radius 2 is 1.88 bits per heavy atom. The van der Waals surface area contributed by atoms with Gasteiger partial charge in [0.25, 0.3) is 0 Å². The summed E-state index contributed by atoms with van der Waals surface area (Å²) >= 11 is 0. The molecule has 3 heteroatoms. The third-order valence-corrected chi connectivity index (χ3v) is 4.28. The molecule has 0 amide bonds. The zero-order chi connectivity index (χ0) is 12.6. The van der Waals surface area contributed by atoms with Crippen LogP contribution in [0.3, 0.4) is 0 Å². The average molecular weight is 252 g/mol. The molecule has 0 aromatic heterocycles. The Kier molecular flexibility index (Phi) is 6.48. The summed E-state index contributed by atoms with van der Waals surface area (Å²) in [5.41, 5.74) is 1.27. The van der Waals surface area contributed by atoms with Gasteiger partial charge in [0, 0.05) is 13.0 Å². The molecule has 0 heterocycles. The molecule has 1 aromatic rings. The number of hydrogen-bond donors (Lipinski definition) is 0. The van der Waals surface area contributed by atoms with E-state index >= 15 is 0 Å². The molecular weight excluding hydrogens is 228 g/mol. The Balaban J connectivity index is 2.45. The fraction of sp³-hybridized carbons (Fsp3) is 0.571. The zero-order valence-electron chi connectivity index (χ0n) is 11.2. The van der Waals surface area contributed by atoms with Gasteiger partial charge in [-0.1, -0.05) is 44.2 Å². The highest BCUT2D eigenvalue weighted by molar-refractivity contribution is 6.18. The first kappa shape index (κ1) is 14.4. The standard InChI is InChI=1S/C14H24O2Si/c1-4-11-15-17-16-14(3,5-2)12-13-9-7-6-8-10-13/h6-10H,4-5,11-12,17H2,1-3H3. The lowest BCUT2D eigenvalue weighted by Crippen LogP contribution is -2.33. The summed E-state index contributed by atoms with van der Waals surface area (Å²) in [7, 11) is -0.831. The Morgan fingerprint density at radius 1 is 1.18 bits per heavy atom. The predicted octanol–water partition coefficient (Wildman–Crippen LogP) is 2.84. The van der Waals surface area contributed by atoms with Crippen molar-refractivity contribution in [1.82, 2.24) is 0 Å². The second-order valence-corrected chi connectivity index (χ2v) is 5.57. The predicted molar refractivity (Wildman–Crippen MR) is 74.7 cm³/mol. The van der Waals surface area contributed by atoms with E-state index in [-0.39, 0.29) is 5.60 Å². The molecule has 0 saturated heterocycles. The molecule has 0 saturated carbocycles. The van der Waals surface area contributed by atoms with Gasteiger partial charge < -0.3 is 8.85 Å². The van der Waals surface area contributed by atoms with E-state index in [1.807, 2.05) is 6.07 Å². The van der Waals surface area contributed by atoms with Crippen LogP contribution < -0.4 is 0 Å². The van der Waals surface area contributed by atoms with Crippen LogP contribution in [0.1, 0.15) is 39.2 Å². The Bertz CT molecular complexity index is 302. The maximum absolute atomic E-state index is 6.00. The minimum Gasteiger partial charge on any atom is -0.399 e. The number of benzene rings is 1. The van der Waals surface area contributed by atoms with Crippen LogP contribution in [-0.4, -0.2) is 22.2 Å². The molecule has 0 bridgehead atoms. The van der Waals surface area contributed by atoms with Gasteiger partial charge in [-0.05, 0) is 25.3 Å². The van der Waals surface area contributed by atoms with E-state index in [0.29, 0.717) is 0 Å². The molecule has 0 N–H and O–H groups in total. The monoisotopic (exact) mass is 252 g/mol. The summed E-state index contributed by atoms with van der Waals surface area (Å²) in [4.78, 5) is 0. The van der Waals surface area contributed by atoms with E-state index in [1.54, 1.807) is 0 Å². The number of rotatable bonds is 8. The Morgan fingerprint density at radius 3 is 2.47 bits per heavy atom. The van der Waals surface area contributed by atoms with Crippen LogP contribution in [0.2, 0.25) is 0 Å². The van der Waals surface area contributed by atoms with Crippen molar-refractivity contribution in [1.29, 1.82) is 0 Å². The summed E-state index contributed by atoms with van der Waals surface area (Å²) in [5, 5.41) is 0. The van der Waals surface area contributed by atoms with Crippen LogP contribution in [0.25, 0.3) is 0 Å². The largest absolute Gasteiger partial charge is 0.399 e.